The van der Waals surface area contributed by atoms with Gasteiger partial charge in [-0.3, -0.25) is 0 Å². The summed E-state index contributed by atoms with van der Waals surface area (Å²) in [7, 11) is -3.55. The van der Waals surface area contributed by atoms with Gasteiger partial charge in [0.2, 0.25) is 0 Å². The molecule has 3 heteroatoms. The van der Waals surface area contributed by atoms with E-state index >= 15 is 0 Å². The highest BCUT2D eigenvalue weighted by molar-refractivity contribution is 6.92. The molecule has 5 aromatic rings. The van der Waals surface area contributed by atoms with Crippen LogP contribution in [0.3, 0.4) is 0 Å². The van der Waals surface area contributed by atoms with E-state index in [-0.39, 0.29) is 11.0 Å². The molecule has 258 valence electrons. The molecule has 0 heterocycles. The minimum atomic E-state index is -2.38. The normalized spacial score (nSPS) is 13.0. The largest absolute Gasteiger partial charge is 0.489 e. The summed E-state index contributed by atoms with van der Waals surface area (Å²) >= 11 is 0. The van der Waals surface area contributed by atoms with Crippen molar-refractivity contribution in [3.05, 3.63) is 137 Å². The van der Waals surface area contributed by atoms with Gasteiger partial charge in [-0.15, -0.1) is 0 Å². The molecular weight excluding hydrogens is 637 g/mol. The first-order chi connectivity index (χ1) is 23.8. The van der Waals surface area contributed by atoms with Gasteiger partial charge < -0.3 is 4.74 Å². The predicted molar refractivity (Wildman–Crippen MR) is 225 cm³/mol. The second-order valence-corrected chi connectivity index (χ2v) is 23.6. The van der Waals surface area contributed by atoms with Crippen molar-refractivity contribution in [2.24, 2.45) is 0 Å². The lowest BCUT2D eigenvalue weighted by atomic mass is 9.85. The van der Waals surface area contributed by atoms with E-state index in [0.29, 0.717) is 6.61 Å². The summed E-state index contributed by atoms with van der Waals surface area (Å²) in [5.74, 6) is 1.13. The van der Waals surface area contributed by atoms with Crippen LogP contribution in [0.5, 0.6) is 5.75 Å². The van der Waals surface area contributed by atoms with Crippen LogP contribution >= 0.6 is 0 Å². The molecule has 0 radical (unpaired) electrons. The van der Waals surface area contributed by atoms with Crippen molar-refractivity contribution in [2.45, 2.75) is 91.5 Å². The minimum Gasteiger partial charge on any atom is -0.489 e. The average molecular weight is 693 g/mol. The van der Waals surface area contributed by atoms with Crippen LogP contribution < -0.4 is 15.1 Å². The molecule has 1 nitrogen and oxygen atoms in total. The fourth-order valence-corrected chi connectivity index (χ4v) is 14.7. The average Bonchev–Trinajstić information content (AvgIpc) is 3.43. The molecule has 0 saturated heterocycles. The number of ether oxygens (including phenoxy) is 1. The highest BCUT2D eigenvalue weighted by Gasteiger charge is 2.45. The summed E-state index contributed by atoms with van der Waals surface area (Å²) in [6, 6.07) is 35.0. The van der Waals surface area contributed by atoms with Crippen LogP contribution in [0.4, 0.5) is 0 Å². The highest BCUT2D eigenvalue weighted by Crippen LogP contribution is 2.52. The number of hydrogen-bond donors (Lipinski definition) is 0. The van der Waals surface area contributed by atoms with Crippen molar-refractivity contribution in [1.82, 2.24) is 0 Å². The lowest BCUT2D eigenvalue weighted by molar-refractivity contribution is 0.354. The summed E-state index contributed by atoms with van der Waals surface area (Å²) < 4.78 is 6.90. The third-order valence-corrected chi connectivity index (χ3v) is 16.8. The highest BCUT2D eigenvalue weighted by atomic mass is 28.3. The van der Waals surface area contributed by atoms with Gasteiger partial charge in [0.1, 0.15) is 12.4 Å². The molecule has 0 unspecified atom stereocenters. The molecule has 1 aliphatic rings. The molecule has 1 aliphatic carbocycles. The molecule has 0 saturated carbocycles. The zero-order valence-electron chi connectivity index (χ0n) is 32.1. The van der Waals surface area contributed by atoms with Crippen LogP contribution in [0.25, 0.3) is 33.4 Å². The maximum Gasteiger partial charge on any atom is 0.122 e. The molecule has 5 aromatic carbocycles. The maximum atomic E-state index is 6.90. The molecule has 0 aromatic heterocycles. The third kappa shape index (κ3) is 6.28. The van der Waals surface area contributed by atoms with Gasteiger partial charge >= 0.3 is 0 Å². The molecule has 6 rings (SSSR count). The van der Waals surface area contributed by atoms with Crippen LogP contribution in [0.1, 0.15) is 73.5 Å². The van der Waals surface area contributed by atoms with Crippen molar-refractivity contribution >= 4 is 27.2 Å². The molecule has 0 spiro atoms. The van der Waals surface area contributed by atoms with Gasteiger partial charge in [0, 0.05) is 5.54 Å². The fourth-order valence-electron chi connectivity index (χ4n) is 8.82. The fraction of sp³-hybridized carbons (Fsp3) is 0.319. The minimum absolute atomic E-state index is 0.0477. The number of fused-ring (bicyclic) bond motifs is 3. The molecule has 0 atom stereocenters. The second-order valence-electron chi connectivity index (χ2n) is 16.1. The Bertz CT molecular complexity index is 1960. The first kappa shape index (κ1) is 35.9. The van der Waals surface area contributed by atoms with Gasteiger partial charge in [-0.2, -0.15) is 0 Å². The Morgan fingerprint density at radius 3 is 1.68 bits per heavy atom. The van der Waals surface area contributed by atoms with Crippen LogP contribution in [-0.4, -0.2) is 23.5 Å². The molecule has 0 bridgehead atoms. The summed E-state index contributed by atoms with van der Waals surface area (Å²) in [6.07, 6.45) is 3.94. The zero-order chi connectivity index (χ0) is 36.0. The molecular formula is C47H56OSi2. The Hall–Kier alpha value is -3.93. The molecule has 50 heavy (non-hydrogen) atoms. The van der Waals surface area contributed by atoms with E-state index in [0.717, 1.165) is 18.6 Å². The van der Waals surface area contributed by atoms with E-state index in [1.807, 2.05) is 6.08 Å². The zero-order valence-corrected chi connectivity index (χ0v) is 34.3. The van der Waals surface area contributed by atoms with Gasteiger partial charge in [0.05, 0.1) is 16.9 Å². The van der Waals surface area contributed by atoms with E-state index in [9.17, 15) is 0 Å². The van der Waals surface area contributed by atoms with Gasteiger partial charge in [-0.25, -0.2) is 0 Å². The van der Waals surface area contributed by atoms with Crippen molar-refractivity contribution in [2.75, 3.05) is 6.61 Å². The first-order valence-electron chi connectivity index (χ1n) is 18.7. The molecule has 0 aliphatic heterocycles. The van der Waals surface area contributed by atoms with Crippen molar-refractivity contribution < 1.29 is 4.74 Å². The Morgan fingerprint density at radius 2 is 1.24 bits per heavy atom. The van der Waals surface area contributed by atoms with Gasteiger partial charge in [-0.05, 0) is 91.6 Å². The van der Waals surface area contributed by atoms with Crippen LogP contribution in [0.15, 0.2) is 104 Å². The van der Waals surface area contributed by atoms with Crippen LogP contribution in [0.2, 0.25) is 26.2 Å². The van der Waals surface area contributed by atoms with Gasteiger partial charge in [-0.1, -0.05) is 175 Å². The Balaban J connectivity index is 1.66. The van der Waals surface area contributed by atoms with Crippen molar-refractivity contribution in [3.63, 3.8) is 0 Å². The van der Waals surface area contributed by atoms with Crippen molar-refractivity contribution in [1.29, 1.82) is 0 Å². The number of aryl methyl sites for hydroxylation is 3. The molecule has 0 fully saturated rings. The van der Waals surface area contributed by atoms with Gasteiger partial charge in [0.15, 0.2) is 0 Å². The Kier molecular flexibility index (Phi) is 10.0. The quantitative estimate of drug-likeness (QED) is 0.105. The van der Waals surface area contributed by atoms with E-state index in [1.165, 1.54) is 71.9 Å². The lowest BCUT2D eigenvalue weighted by Gasteiger charge is -2.38. The van der Waals surface area contributed by atoms with Crippen LogP contribution in [-0.2, 0) is 18.3 Å². The Labute approximate surface area is 305 Å². The summed E-state index contributed by atoms with van der Waals surface area (Å²) in [5, 5.41) is 3.00. The SMILES string of the molecule is C=CCOc1c([Si](C)(C)C2c3cc(-c4ccccc4CC)ccc3-c3ccc(-c4ccccc4CC)cc32)cc(C)c([SiH](C)C)c1C(C)(C)C. The van der Waals surface area contributed by atoms with Crippen LogP contribution in [0, 0.1) is 6.92 Å². The van der Waals surface area contributed by atoms with Crippen molar-refractivity contribution in [3.8, 4) is 39.1 Å². The van der Waals surface area contributed by atoms with E-state index < -0.39 is 16.9 Å². The number of hydrogen-bond acceptors (Lipinski definition) is 1. The first-order valence-corrected chi connectivity index (χ1v) is 24.7. The monoisotopic (exact) mass is 692 g/mol. The second kappa shape index (κ2) is 14.0. The molecule has 0 amide bonds. The van der Waals surface area contributed by atoms with E-state index in [2.05, 4.69) is 165 Å². The van der Waals surface area contributed by atoms with Gasteiger partial charge in [0.25, 0.3) is 0 Å². The molecule has 0 N–H and O–H groups in total. The van der Waals surface area contributed by atoms with E-state index in [4.69, 9.17) is 4.74 Å². The summed E-state index contributed by atoms with van der Waals surface area (Å²) in [4.78, 5) is 0. The maximum absolute atomic E-state index is 6.90. The third-order valence-electron chi connectivity index (χ3n) is 11.0. The Morgan fingerprint density at radius 1 is 0.740 bits per heavy atom. The predicted octanol–water partition coefficient (Wildman–Crippen LogP) is 11.3. The summed E-state index contributed by atoms with van der Waals surface area (Å²) in [6.45, 7) is 28.7. The number of benzene rings is 5. The smallest absolute Gasteiger partial charge is 0.122 e. The summed E-state index contributed by atoms with van der Waals surface area (Å²) in [5.41, 5.74) is 16.9. The standard InChI is InChI=1S/C47H56OSi2/c1-12-27-48-44-42(28-31(4)45(49(8)9)43(44)47(5,6)7)50(10,11)46-40-29-34(36-21-17-15-19-32(36)13-2)23-25-38(40)39-26-24-35(30-41(39)46)37-22-18-16-20-33(37)14-3/h12,15-26,28-30,46,49H,1,13-14,27H2,2-11H3. The topological polar surface area (TPSA) is 9.23 Å². The number of rotatable bonds is 10. The van der Waals surface area contributed by atoms with E-state index in [1.54, 1.807) is 5.19 Å². The lowest BCUT2D eigenvalue weighted by Crippen LogP contribution is -2.51.